The fourth-order valence-electron chi connectivity index (χ4n) is 2.61. The summed E-state index contributed by atoms with van der Waals surface area (Å²) in [7, 11) is 0. The molecular weight excluding hydrogens is 284 g/mol. The van der Waals surface area contributed by atoms with Crippen LogP contribution in [0, 0.1) is 6.92 Å². The van der Waals surface area contributed by atoms with E-state index in [0.717, 1.165) is 12.1 Å². The number of amides is 1. The summed E-state index contributed by atoms with van der Waals surface area (Å²) in [6.45, 7) is 4.44. The van der Waals surface area contributed by atoms with Gasteiger partial charge in [0.05, 0.1) is 24.8 Å². The number of carbonyl (C=O) groups excluding carboxylic acids is 1. The number of ether oxygens (including phenoxy) is 1. The molecule has 0 aromatic carbocycles. The molecule has 1 aliphatic heterocycles. The van der Waals surface area contributed by atoms with E-state index < -0.39 is 0 Å². The van der Waals surface area contributed by atoms with Crippen LogP contribution in [-0.2, 0) is 22.5 Å². The third-order valence-electron chi connectivity index (χ3n) is 3.65. The monoisotopic (exact) mass is 304 g/mol. The van der Waals surface area contributed by atoms with Gasteiger partial charge in [-0.15, -0.1) is 0 Å². The van der Waals surface area contributed by atoms with Crippen molar-refractivity contribution in [3.05, 3.63) is 36.0 Å². The molecule has 1 aliphatic rings. The normalized spacial score (nSPS) is 19.1. The highest BCUT2D eigenvalue weighted by atomic mass is 16.5. The highest BCUT2D eigenvalue weighted by Gasteiger charge is 2.24. The van der Waals surface area contributed by atoms with Gasteiger partial charge in [0.25, 0.3) is 0 Å². The first-order valence-electron chi connectivity index (χ1n) is 7.50. The molecule has 3 heterocycles. The van der Waals surface area contributed by atoms with Gasteiger partial charge in [-0.25, -0.2) is 0 Å². The SMILES string of the molecule is Cc1cc(CC(=O)N2CCCO[C@@H](Cn3cccn3)C2)on1. The zero-order chi connectivity index (χ0) is 15.4. The summed E-state index contributed by atoms with van der Waals surface area (Å²) in [4.78, 5) is 14.3. The number of rotatable bonds is 4. The number of aryl methyl sites for hydroxylation is 1. The minimum absolute atomic E-state index is 0.0391. The van der Waals surface area contributed by atoms with E-state index in [4.69, 9.17) is 9.26 Å². The van der Waals surface area contributed by atoms with Crippen LogP contribution in [0.3, 0.4) is 0 Å². The van der Waals surface area contributed by atoms with Gasteiger partial charge < -0.3 is 14.2 Å². The second-order valence-electron chi connectivity index (χ2n) is 5.53. The summed E-state index contributed by atoms with van der Waals surface area (Å²) < 4.78 is 12.8. The second-order valence-corrected chi connectivity index (χ2v) is 5.53. The lowest BCUT2D eigenvalue weighted by atomic mass is 10.2. The molecule has 1 atom stereocenters. The lowest BCUT2D eigenvalue weighted by Crippen LogP contribution is -2.39. The summed E-state index contributed by atoms with van der Waals surface area (Å²) in [5.41, 5.74) is 0.790. The van der Waals surface area contributed by atoms with Gasteiger partial charge in [-0.05, 0) is 19.4 Å². The number of nitrogens with zero attached hydrogens (tertiary/aromatic N) is 4. The summed E-state index contributed by atoms with van der Waals surface area (Å²) in [5, 5.41) is 8.01. The fourth-order valence-corrected chi connectivity index (χ4v) is 2.61. The van der Waals surface area contributed by atoms with Crippen LogP contribution in [0.1, 0.15) is 17.9 Å². The van der Waals surface area contributed by atoms with E-state index in [1.165, 1.54) is 0 Å². The molecule has 118 valence electrons. The van der Waals surface area contributed by atoms with Gasteiger partial charge in [0, 0.05) is 38.2 Å². The van der Waals surface area contributed by atoms with Crippen LogP contribution < -0.4 is 0 Å². The summed E-state index contributed by atoms with van der Waals surface area (Å²) in [6.07, 6.45) is 4.69. The van der Waals surface area contributed by atoms with Crippen molar-refractivity contribution in [1.82, 2.24) is 19.8 Å². The van der Waals surface area contributed by atoms with Gasteiger partial charge in [0.15, 0.2) is 0 Å². The molecule has 0 N–H and O–H groups in total. The number of carbonyl (C=O) groups is 1. The fraction of sp³-hybridized carbons (Fsp3) is 0.533. The van der Waals surface area contributed by atoms with Crippen molar-refractivity contribution in [2.75, 3.05) is 19.7 Å². The average molecular weight is 304 g/mol. The standard InChI is InChI=1S/C15H20N4O3/c1-12-8-13(22-17-12)9-15(20)18-5-3-7-21-14(10-18)11-19-6-2-4-16-19/h2,4,6,8,14H,3,5,7,9-11H2,1H3/t14-/m1/s1. The van der Waals surface area contributed by atoms with Crippen LogP contribution in [0.4, 0.5) is 0 Å². The number of aromatic nitrogens is 3. The predicted molar refractivity (Wildman–Crippen MR) is 78.1 cm³/mol. The molecule has 0 saturated carbocycles. The van der Waals surface area contributed by atoms with E-state index in [0.29, 0.717) is 32.0 Å². The zero-order valence-electron chi connectivity index (χ0n) is 12.6. The Morgan fingerprint density at radius 3 is 3.14 bits per heavy atom. The second kappa shape index (κ2) is 6.74. The summed E-state index contributed by atoms with van der Waals surface area (Å²) >= 11 is 0. The van der Waals surface area contributed by atoms with Gasteiger partial charge >= 0.3 is 0 Å². The minimum Gasteiger partial charge on any atom is -0.374 e. The van der Waals surface area contributed by atoms with Gasteiger partial charge in [-0.2, -0.15) is 5.10 Å². The molecule has 3 rings (SSSR count). The third kappa shape index (κ3) is 3.73. The molecule has 1 fully saturated rings. The minimum atomic E-state index is -0.0391. The van der Waals surface area contributed by atoms with E-state index in [9.17, 15) is 4.79 Å². The molecule has 0 aliphatic carbocycles. The van der Waals surface area contributed by atoms with Crippen LogP contribution >= 0.6 is 0 Å². The molecule has 0 spiro atoms. The largest absolute Gasteiger partial charge is 0.374 e. The Bertz CT molecular complexity index is 608. The van der Waals surface area contributed by atoms with Crippen LogP contribution in [0.5, 0.6) is 0 Å². The highest BCUT2D eigenvalue weighted by molar-refractivity contribution is 5.78. The van der Waals surface area contributed by atoms with Crippen molar-refractivity contribution in [2.24, 2.45) is 0 Å². The molecular formula is C15H20N4O3. The molecule has 1 amide bonds. The van der Waals surface area contributed by atoms with Crippen molar-refractivity contribution in [2.45, 2.75) is 32.4 Å². The Hall–Kier alpha value is -2.15. The van der Waals surface area contributed by atoms with Crippen molar-refractivity contribution in [3.63, 3.8) is 0 Å². The van der Waals surface area contributed by atoms with Gasteiger partial charge in [0.1, 0.15) is 5.76 Å². The highest BCUT2D eigenvalue weighted by Crippen LogP contribution is 2.11. The molecule has 2 aromatic heterocycles. The topological polar surface area (TPSA) is 73.4 Å². The molecule has 0 bridgehead atoms. The quantitative estimate of drug-likeness (QED) is 0.844. The zero-order valence-corrected chi connectivity index (χ0v) is 12.6. The Morgan fingerprint density at radius 1 is 1.50 bits per heavy atom. The van der Waals surface area contributed by atoms with E-state index in [-0.39, 0.29) is 18.4 Å². The first kappa shape index (κ1) is 14.8. The van der Waals surface area contributed by atoms with Crippen molar-refractivity contribution < 1.29 is 14.1 Å². The van der Waals surface area contributed by atoms with E-state index in [2.05, 4.69) is 10.3 Å². The van der Waals surface area contributed by atoms with Crippen molar-refractivity contribution in [3.8, 4) is 0 Å². The van der Waals surface area contributed by atoms with Crippen LogP contribution in [0.15, 0.2) is 29.0 Å². The Kier molecular flexibility index (Phi) is 4.53. The molecule has 0 unspecified atom stereocenters. The molecule has 1 saturated heterocycles. The predicted octanol–water partition coefficient (Wildman–Crippen LogP) is 1.04. The first-order valence-corrected chi connectivity index (χ1v) is 7.50. The lowest BCUT2D eigenvalue weighted by Gasteiger charge is -2.23. The number of hydrogen-bond acceptors (Lipinski definition) is 5. The summed E-state index contributed by atoms with van der Waals surface area (Å²) in [5.74, 6) is 0.656. The third-order valence-corrected chi connectivity index (χ3v) is 3.65. The van der Waals surface area contributed by atoms with Gasteiger partial charge in [-0.1, -0.05) is 5.16 Å². The van der Waals surface area contributed by atoms with Crippen LogP contribution in [-0.4, -0.2) is 51.5 Å². The average Bonchev–Trinajstić information content (AvgIpc) is 3.07. The van der Waals surface area contributed by atoms with Crippen LogP contribution in [0.25, 0.3) is 0 Å². The molecule has 7 heteroatoms. The summed E-state index contributed by atoms with van der Waals surface area (Å²) in [6, 6.07) is 3.68. The maximum Gasteiger partial charge on any atom is 0.230 e. The Morgan fingerprint density at radius 2 is 2.41 bits per heavy atom. The molecule has 7 nitrogen and oxygen atoms in total. The van der Waals surface area contributed by atoms with E-state index >= 15 is 0 Å². The molecule has 2 aromatic rings. The van der Waals surface area contributed by atoms with E-state index in [1.807, 2.05) is 28.8 Å². The molecule has 22 heavy (non-hydrogen) atoms. The molecule has 0 radical (unpaired) electrons. The lowest BCUT2D eigenvalue weighted by molar-refractivity contribution is -0.131. The smallest absolute Gasteiger partial charge is 0.230 e. The van der Waals surface area contributed by atoms with Crippen molar-refractivity contribution >= 4 is 5.91 Å². The van der Waals surface area contributed by atoms with Crippen LogP contribution in [0.2, 0.25) is 0 Å². The first-order chi connectivity index (χ1) is 10.7. The Labute approximate surface area is 128 Å². The maximum absolute atomic E-state index is 12.4. The van der Waals surface area contributed by atoms with Crippen molar-refractivity contribution in [1.29, 1.82) is 0 Å². The Balaban J connectivity index is 1.60. The van der Waals surface area contributed by atoms with Gasteiger partial charge in [0.2, 0.25) is 5.91 Å². The number of hydrogen-bond donors (Lipinski definition) is 0. The van der Waals surface area contributed by atoms with Gasteiger partial charge in [-0.3, -0.25) is 9.48 Å². The maximum atomic E-state index is 12.4. The van der Waals surface area contributed by atoms with E-state index in [1.54, 1.807) is 12.3 Å².